The molecule has 0 aromatic heterocycles. The first kappa shape index (κ1) is 6.21. The van der Waals surface area contributed by atoms with Crippen LogP contribution in [0.3, 0.4) is 0 Å². The molecule has 2 nitrogen and oxygen atoms in total. The van der Waals surface area contributed by atoms with Crippen LogP contribution in [0.5, 0.6) is 0 Å². The van der Waals surface area contributed by atoms with Crippen LogP contribution in [0.15, 0.2) is 12.3 Å². The summed E-state index contributed by atoms with van der Waals surface area (Å²) in [7, 11) is 0. The summed E-state index contributed by atoms with van der Waals surface area (Å²) in [6, 6.07) is 0. The van der Waals surface area contributed by atoms with E-state index in [2.05, 4.69) is 4.74 Å². The predicted octanol–water partition coefficient (Wildman–Crippen LogP) is 0.646. The van der Waals surface area contributed by atoms with E-state index in [1.807, 2.05) is 6.92 Å². The lowest BCUT2D eigenvalue weighted by molar-refractivity contribution is 0.269. The van der Waals surface area contributed by atoms with Gasteiger partial charge in [-0.15, -0.1) is 0 Å². The summed E-state index contributed by atoms with van der Waals surface area (Å²) in [5, 5.41) is 0. The maximum absolute atomic E-state index is 9.39. The van der Waals surface area contributed by atoms with Crippen LogP contribution in [-0.4, -0.2) is 12.9 Å². The van der Waals surface area contributed by atoms with E-state index in [0.717, 1.165) is 0 Å². The second kappa shape index (κ2) is 5.21. The minimum Gasteiger partial charge on any atom is -0.501 e. The van der Waals surface area contributed by atoms with E-state index >= 15 is 0 Å². The van der Waals surface area contributed by atoms with Crippen molar-refractivity contribution in [2.24, 2.45) is 0 Å². The third-order valence-corrected chi connectivity index (χ3v) is 0.399. The maximum atomic E-state index is 9.39. The summed E-state index contributed by atoms with van der Waals surface area (Å²) in [4.78, 5) is 9.39. The van der Waals surface area contributed by atoms with Crippen molar-refractivity contribution in [3.8, 4) is 0 Å². The fourth-order valence-electron chi connectivity index (χ4n) is 0.172. The second-order valence-corrected chi connectivity index (χ2v) is 0.876. The molecule has 0 aliphatic heterocycles. The van der Waals surface area contributed by atoms with Crippen molar-refractivity contribution in [3.63, 3.8) is 0 Å². The van der Waals surface area contributed by atoms with Crippen LogP contribution in [0.4, 0.5) is 0 Å². The van der Waals surface area contributed by atoms with Crippen molar-refractivity contribution in [1.29, 1.82) is 0 Å². The highest BCUT2D eigenvalue weighted by Gasteiger charge is 1.65. The maximum Gasteiger partial charge on any atom is 0.228 e. The molecular formula is C5H7O2. The highest BCUT2D eigenvalue weighted by Crippen LogP contribution is 1.70. The minimum atomic E-state index is 0.595. The number of rotatable bonds is 3. The van der Waals surface area contributed by atoms with Crippen LogP contribution in [0.2, 0.25) is 0 Å². The molecule has 0 rings (SSSR count). The Morgan fingerprint density at radius 2 is 2.57 bits per heavy atom. The molecule has 1 radical (unpaired) electrons. The lowest BCUT2D eigenvalue weighted by Gasteiger charge is -1.86. The standard InChI is InChI=1S/C5H7O2/c1-2-7-5-3-4-6/h3,5H,2H2,1H3/b5-3+. The summed E-state index contributed by atoms with van der Waals surface area (Å²) < 4.78 is 4.63. The van der Waals surface area contributed by atoms with Gasteiger partial charge in [-0.1, -0.05) is 0 Å². The van der Waals surface area contributed by atoms with E-state index in [9.17, 15) is 4.79 Å². The molecule has 0 spiro atoms. The van der Waals surface area contributed by atoms with Gasteiger partial charge < -0.3 is 4.74 Å². The number of hydrogen-bond donors (Lipinski definition) is 0. The lowest BCUT2D eigenvalue weighted by atomic mass is 10.7. The van der Waals surface area contributed by atoms with Crippen LogP contribution in [-0.2, 0) is 9.53 Å². The predicted molar refractivity (Wildman–Crippen MR) is 26.5 cm³/mol. The molecule has 0 amide bonds. The van der Waals surface area contributed by atoms with Crippen molar-refractivity contribution in [3.05, 3.63) is 12.3 Å². The van der Waals surface area contributed by atoms with Crippen molar-refractivity contribution in [2.45, 2.75) is 6.92 Å². The summed E-state index contributed by atoms with van der Waals surface area (Å²) in [5.74, 6) is 0. The van der Waals surface area contributed by atoms with E-state index in [1.165, 1.54) is 12.3 Å². The molecule has 0 aromatic carbocycles. The number of allylic oxidation sites excluding steroid dienone is 1. The Labute approximate surface area is 42.8 Å². The number of carbonyl (C=O) groups excluding carboxylic acids is 1. The van der Waals surface area contributed by atoms with Gasteiger partial charge >= 0.3 is 0 Å². The molecule has 7 heavy (non-hydrogen) atoms. The molecule has 0 aliphatic rings. The van der Waals surface area contributed by atoms with Crippen LogP contribution in [0.25, 0.3) is 0 Å². The van der Waals surface area contributed by atoms with E-state index in [0.29, 0.717) is 6.61 Å². The van der Waals surface area contributed by atoms with Gasteiger partial charge in [0.2, 0.25) is 6.29 Å². The highest BCUT2D eigenvalue weighted by molar-refractivity contribution is 5.64. The van der Waals surface area contributed by atoms with Crippen molar-refractivity contribution in [2.75, 3.05) is 6.61 Å². The molecule has 0 bridgehead atoms. The van der Waals surface area contributed by atoms with E-state index in [-0.39, 0.29) is 0 Å². The average Bonchev–Trinajstić information content (AvgIpc) is 1.69. The Bertz CT molecular complexity index is 66.5. The lowest BCUT2D eigenvalue weighted by Crippen LogP contribution is -1.75. The Morgan fingerprint density at radius 1 is 1.86 bits per heavy atom. The molecule has 0 N–H and O–H groups in total. The largest absolute Gasteiger partial charge is 0.501 e. The first-order chi connectivity index (χ1) is 3.41. The van der Waals surface area contributed by atoms with Gasteiger partial charge in [0.25, 0.3) is 0 Å². The second-order valence-electron chi connectivity index (χ2n) is 0.876. The molecule has 39 valence electrons. The SMILES string of the molecule is CCO/C=C/[C]=O. The Balaban J connectivity index is 2.92. The third kappa shape index (κ3) is 5.21. The van der Waals surface area contributed by atoms with E-state index in [1.54, 1.807) is 6.29 Å². The molecular weight excluding hydrogens is 92.1 g/mol. The van der Waals surface area contributed by atoms with Gasteiger partial charge in [-0.3, -0.25) is 4.79 Å². The Kier molecular flexibility index (Phi) is 4.62. The molecule has 0 atom stereocenters. The van der Waals surface area contributed by atoms with Crippen LogP contribution in [0, 0.1) is 0 Å². The normalized spacial score (nSPS) is 9.29. The summed E-state index contributed by atoms with van der Waals surface area (Å²) in [5.41, 5.74) is 0. The fourth-order valence-corrected chi connectivity index (χ4v) is 0.172. The van der Waals surface area contributed by atoms with E-state index in [4.69, 9.17) is 0 Å². The first-order valence-electron chi connectivity index (χ1n) is 2.06. The van der Waals surface area contributed by atoms with Gasteiger partial charge in [-0.2, -0.15) is 0 Å². The fraction of sp³-hybridized carbons (Fsp3) is 0.400. The minimum absolute atomic E-state index is 0.595. The molecule has 0 heterocycles. The zero-order valence-electron chi connectivity index (χ0n) is 4.18. The van der Waals surface area contributed by atoms with Crippen LogP contribution >= 0.6 is 0 Å². The van der Waals surface area contributed by atoms with Gasteiger partial charge in [-0.05, 0) is 6.92 Å². The molecule has 2 heteroatoms. The van der Waals surface area contributed by atoms with Gasteiger partial charge in [0, 0.05) is 6.08 Å². The van der Waals surface area contributed by atoms with Crippen molar-refractivity contribution in [1.82, 2.24) is 0 Å². The van der Waals surface area contributed by atoms with Gasteiger partial charge in [0.05, 0.1) is 12.9 Å². The highest BCUT2D eigenvalue weighted by atomic mass is 16.5. The van der Waals surface area contributed by atoms with Crippen LogP contribution in [0.1, 0.15) is 6.92 Å². The molecule has 0 fully saturated rings. The third-order valence-electron chi connectivity index (χ3n) is 0.399. The van der Waals surface area contributed by atoms with Crippen LogP contribution < -0.4 is 0 Å². The summed E-state index contributed by atoms with van der Waals surface area (Å²) in [6.45, 7) is 2.44. The van der Waals surface area contributed by atoms with Gasteiger partial charge in [0.15, 0.2) is 0 Å². The molecule has 0 aromatic rings. The van der Waals surface area contributed by atoms with Gasteiger partial charge in [-0.25, -0.2) is 0 Å². The number of hydrogen-bond acceptors (Lipinski definition) is 2. The molecule has 0 saturated carbocycles. The zero-order valence-corrected chi connectivity index (χ0v) is 4.18. The average molecular weight is 99.1 g/mol. The summed E-state index contributed by atoms with van der Waals surface area (Å²) >= 11 is 0. The molecule has 0 unspecified atom stereocenters. The first-order valence-corrected chi connectivity index (χ1v) is 2.06. The van der Waals surface area contributed by atoms with Crippen molar-refractivity contribution < 1.29 is 9.53 Å². The number of ether oxygens (including phenoxy) is 1. The monoisotopic (exact) mass is 99.0 g/mol. The zero-order chi connectivity index (χ0) is 5.54. The quantitative estimate of drug-likeness (QED) is 0.383. The van der Waals surface area contributed by atoms with E-state index < -0.39 is 0 Å². The van der Waals surface area contributed by atoms with Crippen molar-refractivity contribution >= 4 is 6.29 Å². The Hall–Kier alpha value is -0.790. The molecule has 0 aliphatic carbocycles. The molecule has 0 saturated heterocycles. The van der Waals surface area contributed by atoms with Gasteiger partial charge in [0.1, 0.15) is 0 Å². The summed E-state index contributed by atoms with van der Waals surface area (Å²) in [6.07, 6.45) is 4.04. The smallest absolute Gasteiger partial charge is 0.228 e. The Morgan fingerprint density at radius 3 is 3.00 bits per heavy atom. The topological polar surface area (TPSA) is 26.3 Å².